The number of nitrogens with two attached hydrogens (primary N) is 1. The van der Waals surface area contributed by atoms with Crippen molar-refractivity contribution in [1.82, 2.24) is 0 Å². The summed E-state index contributed by atoms with van der Waals surface area (Å²) in [6, 6.07) is -1.64. The average Bonchev–Trinajstić information content (AvgIpc) is 2.28. The number of aliphatic hydroxyl groups excluding tert-OH is 2. The van der Waals surface area contributed by atoms with E-state index in [1.165, 1.54) is 0 Å². The third kappa shape index (κ3) is 6.18. The zero-order valence-corrected chi connectivity index (χ0v) is 16.7. The Morgan fingerprint density at radius 3 is 2.24 bits per heavy atom. The number of aliphatic hydroxyl groups is 3. The van der Waals surface area contributed by atoms with Crippen LogP contribution in [0.4, 0.5) is 0 Å². The number of carbonyl (C=O) groups is 1. The molecule has 1 unspecified atom stereocenters. The van der Waals surface area contributed by atoms with Crippen molar-refractivity contribution in [1.29, 1.82) is 0 Å². The molecular weight excluding hydrogens is 331 g/mol. The van der Waals surface area contributed by atoms with E-state index in [0.29, 0.717) is 0 Å². The fourth-order valence-corrected chi connectivity index (χ4v) is 1.99. The second-order valence-corrected chi connectivity index (χ2v) is 5.31. The molecule has 5 atom stereocenters. The SMILES string of the molecule is CC(=O)C1(O)O[C@H](COP(=O)([O-])[O-])[C@@H](O)[C@H](O)[C@H]1N.[Na+].[Na+]. The zero-order chi connectivity index (χ0) is 15.0. The maximum Gasteiger partial charge on any atom is 1.00 e. The molecule has 1 heterocycles. The van der Waals surface area contributed by atoms with Crippen LogP contribution in [-0.4, -0.2) is 57.9 Å². The number of ketones is 1. The van der Waals surface area contributed by atoms with E-state index in [-0.39, 0.29) is 59.1 Å². The minimum atomic E-state index is -5.33. The van der Waals surface area contributed by atoms with Crippen LogP contribution in [0, 0.1) is 0 Å². The third-order valence-corrected chi connectivity index (χ3v) is 3.25. The fourth-order valence-electron chi connectivity index (χ4n) is 1.66. The first-order valence-corrected chi connectivity index (χ1v) is 6.64. The second kappa shape index (κ2) is 9.16. The Balaban J connectivity index is 0. The first-order chi connectivity index (χ1) is 8.49. The van der Waals surface area contributed by atoms with Crippen LogP contribution in [0.5, 0.6) is 0 Å². The van der Waals surface area contributed by atoms with Gasteiger partial charge in [-0.3, -0.25) is 4.79 Å². The molecule has 10 nitrogen and oxygen atoms in total. The van der Waals surface area contributed by atoms with E-state index in [9.17, 15) is 34.5 Å². The number of phosphoric acid groups is 1. The summed E-state index contributed by atoms with van der Waals surface area (Å²) in [6.45, 7) is -0.0426. The Bertz CT molecular complexity index is 407. The predicted molar refractivity (Wildman–Crippen MR) is 54.1 cm³/mol. The van der Waals surface area contributed by atoms with Crippen molar-refractivity contribution in [3.8, 4) is 0 Å². The van der Waals surface area contributed by atoms with Crippen LogP contribution < -0.4 is 74.6 Å². The summed E-state index contributed by atoms with van der Waals surface area (Å²) in [4.78, 5) is 31.9. The van der Waals surface area contributed by atoms with Gasteiger partial charge in [-0.15, -0.1) is 0 Å². The van der Waals surface area contributed by atoms with Crippen LogP contribution in [0.2, 0.25) is 0 Å². The monoisotopic (exact) mass is 345 g/mol. The first-order valence-electron chi connectivity index (χ1n) is 5.18. The maximum absolute atomic E-state index is 11.3. The summed E-state index contributed by atoms with van der Waals surface area (Å²) in [5.41, 5.74) is 5.37. The van der Waals surface area contributed by atoms with Gasteiger partial charge in [0.05, 0.1) is 20.5 Å². The molecule has 0 aliphatic carbocycles. The molecule has 0 aromatic carbocycles. The van der Waals surface area contributed by atoms with Crippen molar-refractivity contribution < 1.29 is 103 Å². The van der Waals surface area contributed by atoms with Crippen LogP contribution in [-0.2, 0) is 18.6 Å². The van der Waals surface area contributed by atoms with Gasteiger partial charge in [-0.05, 0) is 0 Å². The van der Waals surface area contributed by atoms with Crippen molar-refractivity contribution in [2.45, 2.75) is 37.1 Å². The molecule has 0 spiro atoms. The molecule has 1 aliphatic heterocycles. The molecule has 1 saturated heterocycles. The Labute approximate surface area is 164 Å². The Hall–Kier alpha value is 1.58. The molecule has 1 aliphatic rings. The zero-order valence-electron chi connectivity index (χ0n) is 11.8. The number of hydrogen-bond acceptors (Lipinski definition) is 10. The van der Waals surface area contributed by atoms with Gasteiger partial charge in [-0.2, -0.15) is 0 Å². The summed E-state index contributed by atoms with van der Waals surface area (Å²) in [6.07, 6.45) is -5.12. The third-order valence-electron chi connectivity index (χ3n) is 2.78. The number of carbonyl (C=O) groups excluding carboxylic acids is 1. The minimum Gasteiger partial charge on any atom is -0.790 e. The van der Waals surface area contributed by atoms with E-state index in [1.54, 1.807) is 0 Å². The van der Waals surface area contributed by atoms with E-state index >= 15 is 0 Å². The fraction of sp³-hybridized carbons (Fsp3) is 0.875. The van der Waals surface area contributed by atoms with Crippen molar-refractivity contribution in [3.63, 3.8) is 0 Å². The van der Waals surface area contributed by atoms with E-state index in [2.05, 4.69) is 4.52 Å². The molecule has 13 heteroatoms. The largest absolute Gasteiger partial charge is 1.00 e. The predicted octanol–water partition coefficient (Wildman–Crippen LogP) is -10.4. The van der Waals surface area contributed by atoms with Gasteiger partial charge in [-0.25, -0.2) is 0 Å². The van der Waals surface area contributed by atoms with Crippen molar-refractivity contribution in [3.05, 3.63) is 0 Å². The molecule has 1 fully saturated rings. The van der Waals surface area contributed by atoms with Crippen LogP contribution in [0.1, 0.15) is 6.92 Å². The summed E-state index contributed by atoms with van der Waals surface area (Å²) in [5, 5.41) is 29.0. The summed E-state index contributed by atoms with van der Waals surface area (Å²) < 4.78 is 19.0. The molecule has 0 radical (unpaired) electrons. The van der Waals surface area contributed by atoms with Gasteiger partial charge in [0.25, 0.3) is 0 Å². The number of phosphoric ester groups is 1. The van der Waals surface area contributed by atoms with Gasteiger partial charge in [-0.1, -0.05) is 0 Å². The van der Waals surface area contributed by atoms with Gasteiger partial charge in [0.1, 0.15) is 18.3 Å². The van der Waals surface area contributed by atoms with Crippen molar-refractivity contribution in [2.75, 3.05) is 6.61 Å². The van der Waals surface area contributed by atoms with Gasteiger partial charge in [0, 0.05) is 6.92 Å². The quantitative estimate of drug-likeness (QED) is 0.281. The molecule has 5 N–H and O–H groups in total. The standard InChI is InChI=1S/C8H16NO9P.2Na/c1-3(10)8(13)7(9)6(12)5(11)4(18-8)2-17-19(14,15)16;;/h4-7,11-13H,2,9H2,1H3,(H2,14,15,16);;/q;2*+1/p-2/t4-,5-,6+,7-,8?;;/m1../s1. The molecular formula is C8H14NNa2O9P. The Morgan fingerprint density at radius 2 is 1.86 bits per heavy atom. The Morgan fingerprint density at radius 1 is 1.38 bits per heavy atom. The number of Topliss-reactive ketones (excluding diaryl/α,β-unsaturated/α-hetero) is 1. The van der Waals surface area contributed by atoms with Crippen molar-refractivity contribution >= 4 is 13.6 Å². The van der Waals surface area contributed by atoms with Crippen LogP contribution >= 0.6 is 7.82 Å². The van der Waals surface area contributed by atoms with E-state index in [4.69, 9.17) is 10.5 Å². The van der Waals surface area contributed by atoms with Gasteiger partial charge in [0.2, 0.25) is 5.79 Å². The normalized spacial score (nSPS) is 36.3. The molecule has 1 rings (SSSR count). The summed E-state index contributed by atoms with van der Waals surface area (Å²) >= 11 is 0. The number of ether oxygens (including phenoxy) is 1. The van der Waals surface area contributed by atoms with E-state index in [1.807, 2.05) is 0 Å². The molecule has 0 amide bonds. The summed E-state index contributed by atoms with van der Waals surface area (Å²) in [5.74, 6) is -3.56. The summed E-state index contributed by atoms with van der Waals surface area (Å²) in [7, 11) is -5.33. The van der Waals surface area contributed by atoms with Crippen LogP contribution in [0.15, 0.2) is 0 Å². The van der Waals surface area contributed by atoms with Crippen LogP contribution in [0.3, 0.4) is 0 Å². The average molecular weight is 345 g/mol. The van der Waals surface area contributed by atoms with Gasteiger partial charge in [0.15, 0.2) is 5.78 Å². The van der Waals surface area contributed by atoms with Crippen LogP contribution in [0.25, 0.3) is 0 Å². The smallest absolute Gasteiger partial charge is 0.790 e. The first kappa shape index (κ1) is 24.8. The van der Waals surface area contributed by atoms with Gasteiger partial charge >= 0.3 is 59.1 Å². The molecule has 0 aromatic rings. The number of hydrogen-bond donors (Lipinski definition) is 4. The van der Waals surface area contributed by atoms with E-state index < -0.39 is 50.4 Å². The second-order valence-electron chi connectivity index (χ2n) is 4.16. The molecule has 112 valence electrons. The Kier molecular flexibility index (Phi) is 10.8. The van der Waals surface area contributed by atoms with Crippen molar-refractivity contribution in [2.24, 2.45) is 5.73 Å². The molecule has 0 bridgehead atoms. The molecule has 21 heavy (non-hydrogen) atoms. The minimum absolute atomic E-state index is 0. The van der Waals surface area contributed by atoms with E-state index in [0.717, 1.165) is 6.92 Å². The molecule has 0 aromatic heterocycles. The van der Waals surface area contributed by atoms with Gasteiger partial charge < -0.3 is 44.7 Å². The maximum atomic E-state index is 11.3. The molecule has 0 saturated carbocycles. The number of rotatable bonds is 4. The topological polar surface area (TPSA) is 185 Å².